The Hall–Kier alpha value is -1.59. The molecule has 0 saturated heterocycles. The van der Waals surface area contributed by atoms with E-state index >= 15 is 0 Å². The molecule has 6 heteroatoms. The molecule has 0 amide bonds. The molecule has 0 radical (unpaired) electrons. The van der Waals surface area contributed by atoms with Gasteiger partial charge in [-0.2, -0.15) is 0 Å². The molecular formula is C55H106O6. The van der Waals surface area contributed by atoms with E-state index in [1.165, 1.54) is 218 Å². The Bertz CT molecular complexity index is 905. The molecule has 0 aliphatic rings. The Labute approximate surface area is 380 Å². The van der Waals surface area contributed by atoms with E-state index in [9.17, 15) is 14.4 Å². The second-order valence-corrected chi connectivity index (χ2v) is 18.9. The minimum Gasteiger partial charge on any atom is -0.462 e. The van der Waals surface area contributed by atoms with Crippen molar-refractivity contribution in [3.05, 3.63) is 0 Å². The van der Waals surface area contributed by atoms with Crippen LogP contribution in [-0.4, -0.2) is 37.2 Å². The molecule has 0 aliphatic carbocycles. The first kappa shape index (κ1) is 59.4. The van der Waals surface area contributed by atoms with Crippen LogP contribution < -0.4 is 0 Å². The standard InChI is InChI=1S/C55H106O6/c1-4-7-10-13-16-19-22-25-27-28-31-33-36-39-42-45-48-54(57)60-51-52(50-59-53(56)47-44-41-38-35-32-29-24-21-18-15-12-9-6-3)61-55(58)49-46-43-40-37-34-30-26-23-20-17-14-11-8-5-2/h52H,4-51H2,1-3H3. The molecule has 0 spiro atoms. The van der Waals surface area contributed by atoms with E-state index in [1.54, 1.807) is 0 Å². The zero-order valence-corrected chi connectivity index (χ0v) is 41.5. The van der Waals surface area contributed by atoms with Crippen molar-refractivity contribution in [2.45, 2.75) is 322 Å². The highest BCUT2D eigenvalue weighted by molar-refractivity contribution is 5.71. The Kier molecular flexibility index (Phi) is 49.7. The van der Waals surface area contributed by atoms with E-state index in [1.807, 2.05) is 0 Å². The Balaban J connectivity index is 4.29. The van der Waals surface area contributed by atoms with E-state index in [-0.39, 0.29) is 31.1 Å². The normalized spacial score (nSPS) is 11.9. The number of hydrogen-bond acceptors (Lipinski definition) is 6. The molecule has 0 fully saturated rings. The SMILES string of the molecule is CCCCCCCCCCCCCCCCCCC(=O)OCC(COC(=O)CCCCCCCCCCCCCCC)OC(=O)CCCCCCCCCCCCCCCC. The van der Waals surface area contributed by atoms with Gasteiger partial charge in [-0.05, 0) is 19.3 Å². The van der Waals surface area contributed by atoms with Crippen LogP contribution in [0.4, 0.5) is 0 Å². The van der Waals surface area contributed by atoms with Gasteiger partial charge >= 0.3 is 17.9 Å². The predicted octanol–water partition coefficient (Wildman–Crippen LogP) is 18.0. The summed E-state index contributed by atoms with van der Waals surface area (Å²) >= 11 is 0. The fourth-order valence-electron chi connectivity index (χ4n) is 8.45. The first-order valence-electron chi connectivity index (χ1n) is 27.5. The molecule has 6 nitrogen and oxygen atoms in total. The average Bonchev–Trinajstić information content (AvgIpc) is 3.26. The van der Waals surface area contributed by atoms with E-state index in [0.29, 0.717) is 19.3 Å². The second kappa shape index (κ2) is 51.0. The molecule has 1 atom stereocenters. The van der Waals surface area contributed by atoms with Crippen molar-refractivity contribution in [1.82, 2.24) is 0 Å². The molecule has 0 bridgehead atoms. The number of carbonyl (C=O) groups excluding carboxylic acids is 3. The lowest BCUT2D eigenvalue weighted by molar-refractivity contribution is -0.167. The zero-order chi connectivity index (χ0) is 44.4. The van der Waals surface area contributed by atoms with Crippen LogP contribution in [0.2, 0.25) is 0 Å². The summed E-state index contributed by atoms with van der Waals surface area (Å²) in [5.41, 5.74) is 0. The first-order chi connectivity index (χ1) is 30.0. The molecule has 0 rings (SSSR count). The summed E-state index contributed by atoms with van der Waals surface area (Å²) in [6, 6.07) is 0. The predicted molar refractivity (Wildman–Crippen MR) is 261 cm³/mol. The summed E-state index contributed by atoms with van der Waals surface area (Å²) in [5, 5.41) is 0. The molecule has 0 saturated carbocycles. The highest BCUT2D eigenvalue weighted by atomic mass is 16.6. The largest absolute Gasteiger partial charge is 0.462 e. The van der Waals surface area contributed by atoms with E-state index in [2.05, 4.69) is 20.8 Å². The molecule has 0 aromatic heterocycles. The third-order valence-corrected chi connectivity index (χ3v) is 12.6. The highest BCUT2D eigenvalue weighted by Crippen LogP contribution is 2.17. The maximum Gasteiger partial charge on any atom is 0.306 e. The quantitative estimate of drug-likeness (QED) is 0.0344. The summed E-state index contributed by atoms with van der Waals surface area (Å²) in [4.78, 5) is 38.0. The fourth-order valence-corrected chi connectivity index (χ4v) is 8.45. The van der Waals surface area contributed by atoms with Crippen molar-refractivity contribution in [3.8, 4) is 0 Å². The number of unbranched alkanes of at least 4 members (excludes halogenated alkanes) is 40. The van der Waals surface area contributed by atoms with Gasteiger partial charge in [-0.3, -0.25) is 14.4 Å². The van der Waals surface area contributed by atoms with E-state index < -0.39 is 6.10 Å². The van der Waals surface area contributed by atoms with Crippen molar-refractivity contribution < 1.29 is 28.6 Å². The van der Waals surface area contributed by atoms with E-state index in [4.69, 9.17) is 14.2 Å². The van der Waals surface area contributed by atoms with Crippen molar-refractivity contribution in [2.24, 2.45) is 0 Å². The third kappa shape index (κ3) is 49.3. The molecule has 0 N–H and O–H groups in total. The lowest BCUT2D eigenvalue weighted by Gasteiger charge is -2.18. The Morgan fingerprint density at radius 1 is 0.262 bits per heavy atom. The maximum absolute atomic E-state index is 12.8. The van der Waals surface area contributed by atoms with Gasteiger partial charge in [-0.25, -0.2) is 0 Å². The van der Waals surface area contributed by atoms with Gasteiger partial charge < -0.3 is 14.2 Å². The summed E-state index contributed by atoms with van der Waals surface area (Å²) in [5.74, 6) is -0.836. The maximum atomic E-state index is 12.8. The molecule has 61 heavy (non-hydrogen) atoms. The van der Waals surface area contributed by atoms with Crippen LogP contribution in [-0.2, 0) is 28.6 Å². The number of hydrogen-bond donors (Lipinski definition) is 0. The van der Waals surface area contributed by atoms with Gasteiger partial charge in [-0.15, -0.1) is 0 Å². The summed E-state index contributed by atoms with van der Waals surface area (Å²) in [6.07, 6.45) is 55.1. The second-order valence-electron chi connectivity index (χ2n) is 18.9. The first-order valence-corrected chi connectivity index (χ1v) is 27.5. The summed E-state index contributed by atoms with van der Waals surface area (Å²) in [7, 11) is 0. The average molecular weight is 863 g/mol. The Morgan fingerprint density at radius 2 is 0.443 bits per heavy atom. The van der Waals surface area contributed by atoms with Crippen molar-refractivity contribution >= 4 is 17.9 Å². The minimum absolute atomic E-state index is 0.0613. The highest BCUT2D eigenvalue weighted by Gasteiger charge is 2.19. The van der Waals surface area contributed by atoms with Crippen molar-refractivity contribution in [1.29, 1.82) is 0 Å². The molecule has 362 valence electrons. The van der Waals surface area contributed by atoms with Crippen LogP contribution in [0.15, 0.2) is 0 Å². The number of esters is 3. The van der Waals surface area contributed by atoms with Gasteiger partial charge in [0.25, 0.3) is 0 Å². The van der Waals surface area contributed by atoms with Gasteiger partial charge in [0.1, 0.15) is 13.2 Å². The van der Waals surface area contributed by atoms with Gasteiger partial charge in [0.15, 0.2) is 6.10 Å². The van der Waals surface area contributed by atoms with Crippen LogP contribution >= 0.6 is 0 Å². The Morgan fingerprint density at radius 3 is 0.656 bits per heavy atom. The lowest BCUT2D eigenvalue weighted by Crippen LogP contribution is -2.30. The van der Waals surface area contributed by atoms with E-state index in [0.717, 1.165) is 57.8 Å². The molecule has 0 aromatic rings. The van der Waals surface area contributed by atoms with Crippen LogP contribution in [0.3, 0.4) is 0 Å². The monoisotopic (exact) mass is 863 g/mol. The molecular weight excluding hydrogens is 757 g/mol. The van der Waals surface area contributed by atoms with Crippen LogP contribution in [0, 0.1) is 0 Å². The topological polar surface area (TPSA) is 78.9 Å². The smallest absolute Gasteiger partial charge is 0.306 e. The molecule has 1 unspecified atom stereocenters. The fraction of sp³-hybridized carbons (Fsp3) is 0.945. The molecule has 0 aliphatic heterocycles. The number of carbonyl (C=O) groups is 3. The molecule has 0 aromatic carbocycles. The summed E-state index contributed by atoms with van der Waals surface area (Å²) in [6.45, 7) is 6.69. The van der Waals surface area contributed by atoms with Crippen LogP contribution in [0.5, 0.6) is 0 Å². The van der Waals surface area contributed by atoms with Crippen LogP contribution in [0.25, 0.3) is 0 Å². The molecule has 0 heterocycles. The minimum atomic E-state index is -0.760. The van der Waals surface area contributed by atoms with Gasteiger partial charge in [0.2, 0.25) is 0 Å². The van der Waals surface area contributed by atoms with Gasteiger partial charge in [-0.1, -0.05) is 278 Å². The van der Waals surface area contributed by atoms with Crippen LogP contribution in [0.1, 0.15) is 316 Å². The third-order valence-electron chi connectivity index (χ3n) is 12.6. The number of ether oxygens (including phenoxy) is 3. The van der Waals surface area contributed by atoms with Gasteiger partial charge in [0.05, 0.1) is 0 Å². The zero-order valence-electron chi connectivity index (χ0n) is 41.5. The lowest BCUT2D eigenvalue weighted by atomic mass is 10.0. The number of rotatable bonds is 51. The van der Waals surface area contributed by atoms with Gasteiger partial charge in [0, 0.05) is 19.3 Å². The summed E-state index contributed by atoms with van der Waals surface area (Å²) < 4.78 is 16.8. The van der Waals surface area contributed by atoms with Crippen molar-refractivity contribution in [3.63, 3.8) is 0 Å². The van der Waals surface area contributed by atoms with Crippen molar-refractivity contribution in [2.75, 3.05) is 13.2 Å².